The Labute approximate surface area is 193 Å². The number of thioether (sulfide) groups is 1. The highest BCUT2D eigenvalue weighted by atomic mass is 32.2. The molecule has 2 aromatic carbocycles. The summed E-state index contributed by atoms with van der Waals surface area (Å²) in [6.07, 6.45) is 4.25. The molecule has 0 aliphatic carbocycles. The van der Waals surface area contributed by atoms with E-state index >= 15 is 0 Å². The third-order valence-electron chi connectivity index (χ3n) is 5.99. The zero-order valence-electron chi connectivity index (χ0n) is 18.5. The number of nitrogens with zero attached hydrogens (tertiary/aromatic N) is 5. The van der Waals surface area contributed by atoms with E-state index in [1.807, 2.05) is 4.57 Å². The van der Waals surface area contributed by atoms with E-state index in [4.69, 9.17) is 0 Å². The van der Waals surface area contributed by atoms with Crippen molar-refractivity contribution in [3.63, 3.8) is 0 Å². The van der Waals surface area contributed by atoms with Crippen molar-refractivity contribution in [3.05, 3.63) is 71.3 Å². The van der Waals surface area contributed by atoms with Gasteiger partial charge in [0.1, 0.15) is 11.1 Å². The van der Waals surface area contributed by atoms with E-state index in [9.17, 15) is 9.65 Å². The molecule has 2 unspecified atom stereocenters. The van der Waals surface area contributed by atoms with Crippen molar-refractivity contribution in [2.75, 3.05) is 13.1 Å². The molecule has 1 aliphatic heterocycles. The summed E-state index contributed by atoms with van der Waals surface area (Å²) in [5.41, 5.74) is 3.12. The van der Waals surface area contributed by atoms with E-state index in [2.05, 4.69) is 59.3 Å². The quantitative estimate of drug-likeness (QED) is 0.447. The first-order chi connectivity index (χ1) is 15.5. The van der Waals surface area contributed by atoms with Crippen LogP contribution in [0.4, 0.5) is 4.39 Å². The van der Waals surface area contributed by atoms with Crippen LogP contribution < -0.4 is 0 Å². The van der Waals surface area contributed by atoms with Gasteiger partial charge in [-0.2, -0.15) is 5.26 Å². The van der Waals surface area contributed by atoms with Gasteiger partial charge in [-0.05, 0) is 76.0 Å². The average molecular weight is 450 g/mol. The number of aryl methyl sites for hydroxylation is 1. The first-order valence-electron chi connectivity index (χ1n) is 11.1. The first-order valence-corrected chi connectivity index (χ1v) is 12.0. The molecule has 2 atom stereocenters. The van der Waals surface area contributed by atoms with Crippen LogP contribution in [0.2, 0.25) is 0 Å². The molecule has 4 rings (SSSR count). The van der Waals surface area contributed by atoms with Gasteiger partial charge in [0.2, 0.25) is 0 Å². The summed E-state index contributed by atoms with van der Waals surface area (Å²) in [6.45, 7) is 6.27. The summed E-state index contributed by atoms with van der Waals surface area (Å²) in [7, 11) is 0. The summed E-state index contributed by atoms with van der Waals surface area (Å²) in [5.74, 6) is 0.545. The van der Waals surface area contributed by atoms with Gasteiger partial charge in [0.25, 0.3) is 0 Å². The zero-order chi connectivity index (χ0) is 22.5. The highest BCUT2D eigenvalue weighted by Crippen LogP contribution is 2.32. The second kappa shape index (κ2) is 10.3. The van der Waals surface area contributed by atoms with Crippen molar-refractivity contribution in [3.8, 4) is 11.8 Å². The number of piperidine rings is 1. The molecule has 166 valence electrons. The van der Waals surface area contributed by atoms with E-state index in [-0.39, 0.29) is 17.1 Å². The van der Waals surface area contributed by atoms with Crippen molar-refractivity contribution in [1.29, 1.82) is 5.26 Å². The summed E-state index contributed by atoms with van der Waals surface area (Å²) in [6, 6.07) is 17.1. The van der Waals surface area contributed by atoms with Crippen LogP contribution in [0.1, 0.15) is 49.2 Å². The van der Waals surface area contributed by atoms with Gasteiger partial charge in [0.05, 0.1) is 12.1 Å². The SMILES string of the molecule is Cc1ccc(CC(C#N)Sc2nnc(C(C)N3CCCCC3)n2-c2ccc(F)cc2)cc1. The molecule has 1 fully saturated rings. The molecule has 1 aliphatic rings. The summed E-state index contributed by atoms with van der Waals surface area (Å²) < 4.78 is 15.6. The lowest BCUT2D eigenvalue weighted by molar-refractivity contribution is 0.167. The van der Waals surface area contributed by atoms with Gasteiger partial charge in [-0.3, -0.25) is 9.47 Å². The molecule has 0 bridgehead atoms. The topological polar surface area (TPSA) is 57.7 Å². The molecule has 5 nitrogen and oxygen atoms in total. The maximum absolute atomic E-state index is 13.6. The minimum Gasteiger partial charge on any atom is -0.294 e. The monoisotopic (exact) mass is 449 g/mol. The van der Waals surface area contributed by atoms with Crippen LogP contribution in [0.3, 0.4) is 0 Å². The van der Waals surface area contributed by atoms with Gasteiger partial charge in [-0.1, -0.05) is 48.0 Å². The standard InChI is InChI=1S/C25H28FN5S/c1-18-6-8-20(9-7-18)16-23(17-27)32-25-29-28-24(19(2)30-14-4-3-5-15-30)31(25)22-12-10-21(26)11-13-22/h6-13,19,23H,3-5,14-16H2,1-2H3. The number of hydrogen-bond donors (Lipinski definition) is 0. The van der Waals surface area contributed by atoms with Crippen LogP contribution >= 0.6 is 11.8 Å². The summed E-state index contributed by atoms with van der Waals surface area (Å²) in [4.78, 5) is 2.43. The zero-order valence-corrected chi connectivity index (χ0v) is 19.4. The van der Waals surface area contributed by atoms with E-state index < -0.39 is 0 Å². The molecule has 0 N–H and O–H groups in total. The van der Waals surface area contributed by atoms with Gasteiger partial charge < -0.3 is 0 Å². The van der Waals surface area contributed by atoms with Crippen molar-refractivity contribution in [1.82, 2.24) is 19.7 Å². The molecule has 1 saturated heterocycles. The van der Waals surface area contributed by atoms with Gasteiger partial charge >= 0.3 is 0 Å². The third-order valence-corrected chi connectivity index (χ3v) is 7.02. The predicted molar refractivity (Wildman–Crippen MR) is 125 cm³/mol. The molecule has 0 radical (unpaired) electrons. The lowest BCUT2D eigenvalue weighted by Crippen LogP contribution is -2.33. The number of benzene rings is 2. The van der Waals surface area contributed by atoms with Crippen LogP contribution in [0, 0.1) is 24.1 Å². The highest BCUT2D eigenvalue weighted by Gasteiger charge is 2.27. The fraction of sp³-hybridized carbons (Fsp3) is 0.400. The number of rotatable bonds is 7. The lowest BCUT2D eigenvalue weighted by Gasteiger charge is -2.31. The fourth-order valence-electron chi connectivity index (χ4n) is 4.11. The Hall–Kier alpha value is -2.69. The highest BCUT2D eigenvalue weighted by molar-refractivity contribution is 8.00. The molecular formula is C25H28FN5S. The Balaban J connectivity index is 1.64. The van der Waals surface area contributed by atoms with Gasteiger partial charge in [-0.25, -0.2) is 4.39 Å². The number of aromatic nitrogens is 3. The molecule has 1 aromatic heterocycles. The van der Waals surface area contributed by atoms with E-state index in [0.29, 0.717) is 11.6 Å². The maximum Gasteiger partial charge on any atom is 0.197 e. The van der Waals surface area contributed by atoms with Crippen molar-refractivity contribution < 1.29 is 4.39 Å². The van der Waals surface area contributed by atoms with Crippen LogP contribution in [-0.2, 0) is 6.42 Å². The van der Waals surface area contributed by atoms with Gasteiger partial charge in [-0.15, -0.1) is 10.2 Å². The number of nitriles is 1. The third kappa shape index (κ3) is 5.20. The lowest BCUT2D eigenvalue weighted by atomic mass is 10.1. The smallest absolute Gasteiger partial charge is 0.197 e. The average Bonchev–Trinajstić information content (AvgIpc) is 3.24. The van der Waals surface area contributed by atoms with Crippen molar-refractivity contribution in [2.45, 2.75) is 56.0 Å². The van der Waals surface area contributed by atoms with Gasteiger partial charge in [0, 0.05) is 5.69 Å². The minimum atomic E-state index is -0.306. The van der Waals surface area contributed by atoms with Gasteiger partial charge in [0.15, 0.2) is 11.0 Å². The second-order valence-electron chi connectivity index (χ2n) is 8.35. The molecule has 32 heavy (non-hydrogen) atoms. The Morgan fingerprint density at radius 3 is 2.38 bits per heavy atom. The Bertz CT molecular complexity index is 1070. The van der Waals surface area contributed by atoms with Crippen LogP contribution in [-0.4, -0.2) is 38.0 Å². The first kappa shape index (κ1) is 22.5. The van der Waals surface area contributed by atoms with Crippen LogP contribution in [0.25, 0.3) is 5.69 Å². The summed E-state index contributed by atoms with van der Waals surface area (Å²) in [5, 5.41) is 19.2. The molecule has 3 aromatic rings. The number of likely N-dealkylation sites (tertiary alicyclic amines) is 1. The van der Waals surface area contributed by atoms with E-state index in [0.717, 1.165) is 30.2 Å². The second-order valence-corrected chi connectivity index (χ2v) is 9.52. The summed E-state index contributed by atoms with van der Waals surface area (Å²) >= 11 is 1.41. The number of halogens is 1. The van der Waals surface area contributed by atoms with Crippen molar-refractivity contribution in [2.24, 2.45) is 0 Å². The Morgan fingerprint density at radius 2 is 1.72 bits per heavy atom. The molecule has 0 spiro atoms. The van der Waals surface area contributed by atoms with Crippen molar-refractivity contribution >= 4 is 11.8 Å². The molecule has 2 heterocycles. The fourth-order valence-corrected chi connectivity index (χ4v) is 5.08. The minimum absolute atomic E-state index is 0.0832. The van der Waals surface area contributed by atoms with Crippen LogP contribution in [0.5, 0.6) is 0 Å². The predicted octanol–water partition coefficient (Wildman–Crippen LogP) is 5.49. The van der Waals surface area contributed by atoms with E-state index in [1.165, 1.54) is 48.7 Å². The normalized spacial score (nSPS) is 16.4. The van der Waals surface area contributed by atoms with Crippen LogP contribution in [0.15, 0.2) is 53.7 Å². The maximum atomic E-state index is 13.6. The Kier molecular flexibility index (Phi) is 7.23. The number of hydrogen-bond acceptors (Lipinski definition) is 5. The largest absolute Gasteiger partial charge is 0.294 e. The van der Waals surface area contributed by atoms with E-state index in [1.54, 1.807) is 12.1 Å². The Morgan fingerprint density at radius 1 is 1.03 bits per heavy atom. The molecule has 7 heteroatoms. The molecular weight excluding hydrogens is 421 g/mol. The molecule has 0 amide bonds. The molecule has 0 saturated carbocycles.